The summed E-state index contributed by atoms with van der Waals surface area (Å²) >= 11 is 7.74. The van der Waals surface area contributed by atoms with Gasteiger partial charge >= 0.3 is 0 Å². The van der Waals surface area contributed by atoms with Crippen LogP contribution in [0.15, 0.2) is 41.3 Å². The second-order valence-corrected chi connectivity index (χ2v) is 7.26. The van der Waals surface area contributed by atoms with E-state index in [0.29, 0.717) is 14.3 Å². The lowest BCUT2D eigenvalue weighted by Gasteiger charge is -2.10. The van der Waals surface area contributed by atoms with E-state index in [-0.39, 0.29) is 10.5 Å². The summed E-state index contributed by atoms with van der Waals surface area (Å²) in [6, 6.07) is 9.31. The highest BCUT2D eigenvalue weighted by atomic mass is 127. The Morgan fingerprint density at radius 2 is 1.95 bits per heavy atom. The van der Waals surface area contributed by atoms with E-state index in [0.717, 1.165) is 18.2 Å². The molecule has 0 saturated carbocycles. The van der Waals surface area contributed by atoms with Gasteiger partial charge in [-0.1, -0.05) is 11.6 Å². The largest absolute Gasteiger partial charge is 0.279 e. The minimum atomic E-state index is -3.91. The normalized spacial score (nSPS) is 11.0. The molecule has 0 aliphatic rings. The molecule has 0 bridgehead atoms. The van der Waals surface area contributed by atoms with Crippen LogP contribution >= 0.6 is 34.2 Å². The Balaban J connectivity index is 2.41. The molecular formula is C13H7ClFIN2O2S. The molecule has 0 aliphatic heterocycles. The van der Waals surface area contributed by atoms with Gasteiger partial charge in [0, 0.05) is 8.59 Å². The molecule has 0 unspecified atom stereocenters. The summed E-state index contributed by atoms with van der Waals surface area (Å²) in [6.07, 6.45) is 0. The van der Waals surface area contributed by atoms with E-state index in [1.165, 1.54) is 6.07 Å². The molecule has 4 nitrogen and oxygen atoms in total. The smallest absolute Gasteiger partial charge is 0.261 e. The molecule has 0 spiro atoms. The molecule has 0 aromatic heterocycles. The molecule has 2 aromatic rings. The van der Waals surface area contributed by atoms with Gasteiger partial charge in [0.1, 0.15) is 11.9 Å². The summed E-state index contributed by atoms with van der Waals surface area (Å²) in [5.74, 6) is -0.766. The molecule has 2 aromatic carbocycles. The number of benzene rings is 2. The highest BCUT2D eigenvalue weighted by Gasteiger charge is 2.17. The van der Waals surface area contributed by atoms with Crippen molar-refractivity contribution in [2.45, 2.75) is 4.90 Å². The minimum absolute atomic E-state index is 0.189. The predicted molar refractivity (Wildman–Crippen MR) is 86.1 cm³/mol. The number of nitrogens with zero attached hydrogens (tertiary/aromatic N) is 1. The van der Waals surface area contributed by atoms with Crippen molar-refractivity contribution in [3.8, 4) is 6.07 Å². The highest BCUT2D eigenvalue weighted by molar-refractivity contribution is 14.1. The number of anilines is 1. The van der Waals surface area contributed by atoms with E-state index in [2.05, 4.69) is 4.72 Å². The van der Waals surface area contributed by atoms with E-state index in [9.17, 15) is 12.8 Å². The number of halogens is 3. The van der Waals surface area contributed by atoms with E-state index in [4.69, 9.17) is 16.9 Å². The molecular weight excluding hydrogens is 430 g/mol. The number of nitriles is 1. The quantitative estimate of drug-likeness (QED) is 0.745. The van der Waals surface area contributed by atoms with Crippen LogP contribution in [0.1, 0.15) is 5.56 Å². The summed E-state index contributed by atoms with van der Waals surface area (Å²) in [5, 5.41) is 9.23. The maximum Gasteiger partial charge on any atom is 0.261 e. The van der Waals surface area contributed by atoms with Gasteiger partial charge in [-0.2, -0.15) is 5.26 Å². The van der Waals surface area contributed by atoms with E-state index in [1.54, 1.807) is 18.2 Å². The number of hydrogen-bond donors (Lipinski definition) is 1. The fourth-order valence-corrected chi connectivity index (χ4v) is 3.83. The molecule has 0 saturated heterocycles. The molecule has 0 heterocycles. The van der Waals surface area contributed by atoms with Crippen molar-refractivity contribution in [2.24, 2.45) is 0 Å². The van der Waals surface area contributed by atoms with Crippen LogP contribution in [0.3, 0.4) is 0 Å². The number of sulfonamides is 1. The van der Waals surface area contributed by atoms with Gasteiger partial charge in [-0.15, -0.1) is 0 Å². The maximum absolute atomic E-state index is 13.2. The third-order valence-electron chi connectivity index (χ3n) is 2.54. The van der Waals surface area contributed by atoms with Crippen LogP contribution in [-0.2, 0) is 10.0 Å². The Morgan fingerprint density at radius 3 is 2.57 bits per heavy atom. The van der Waals surface area contributed by atoms with Crippen molar-refractivity contribution in [1.82, 2.24) is 0 Å². The third-order valence-corrected chi connectivity index (χ3v) is 5.03. The van der Waals surface area contributed by atoms with Crippen molar-refractivity contribution >= 4 is 49.9 Å². The Kier molecular flexibility index (Phi) is 4.70. The van der Waals surface area contributed by atoms with Crippen molar-refractivity contribution in [3.63, 3.8) is 0 Å². The average Bonchev–Trinajstić information content (AvgIpc) is 2.42. The second-order valence-electron chi connectivity index (χ2n) is 3.98. The molecule has 0 amide bonds. The molecule has 0 fully saturated rings. The van der Waals surface area contributed by atoms with E-state index in [1.807, 2.05) is 22.6 Å². The zero-order valence-corrected chi connectivity index (χ0v) is 14.0. The molecule has 0 aliphatic carbocycles. The van der Waals surface area contributed by atoms with Crippen molar-refractivity contribution in [2.75, 3.05) is 4.72 Å². The van der Waals surface area contributed by atoms with Crippen LogP contribution in [0.25, 0.3) is 0 Å². The van der Waals surface area contributed by atoms with Gasteiger partial charge in [-0.25, -0.2) is 12.8 Å². The minimum Gasteiger partial charge on any atom is -0.279 e. The summed E-state index contributed by atoms with van der Waals surface area (Å²) in [4.78, 5) is -0.189. The van der Waals surface area contributed by atoms with Gasteiger partial charge in [0.15, 0.2) is 0 Å². The zero-order valence-electron chi connectivity index (χ0n) is 10.3. The molecule has 21 heavy (non-hydrogen) atoms. The summed E-state index contributed by atoms with van der Waals surface area (Å²) in [5.41, 5.74) is 0.0199. The van der Waals surface area contributed by atoms with Gasteiger partial charge in [0.2, 0.25) is 0 Å². The first-order valence-electron chi connectivity index (χ1n) is 5.51. The van der Waals surface area contributed by atoms with Crippen LogP contribution in [0.4, 0.5) is 10.1 Å². The Bertz CT molecular complexity index is 850. The van der Waals surface area contributed by atoms with Gasteiger partial charge in [-0.3, -0.25) is 4.72 Å². The fourth-order valence-electron chi connectivity index (χ4n) is 1.53. The second kappa shape index (κ2) is 6.17. The van der Waals surface area contributed by atoms with Gasteiger partial charge in [0.25, 0.3) is 10.0 Å². The molecule has 0 radical (unpaired) electrons. The van der Waals surface area contributed by atoms with Crippen molar-refractivity contribution in [3.05, 3.63) is 56.4 Å². The summed E-state index contributed by atoms with van der Waals surface area (Å²) in [6.45, 7) is 0. The Hall–Kier alpha value is -1.37. The molecule has 108 valence electrons. The maximum atomic E-state index is 13.2. The molecule has 1 N–H and O–H groups in total. The number of rotatable bonds is 3. The lowest BCUT2D eigenvalue weighted by atomic mass is 10.2. The van der Waals surface area contributed by atoms with Crippen LogP contribution in [-0.4, -0.2) is 8.42 Å². The van der Waals surface area contributed by atoms with Crippen LogP contribution < -0.4 is 4.72 Å². The average molecular weight is 437 g/mol. The summed E-state index contributed by atoms with van der Waals surface area (Å²) < 4.78 is 40.7. The fraction of sp³-hybridized carbons (Fsp3) is 0. The van der Waals surface area contributed by atoms with Crippen molar-refractivity contribution in [1.29, 1.82) is 5.26 Å². The standard InChI is InChI=1S/C13H7ClFIN2O2S/c14-9-1-4-13(12(16)6-9)18-21(19,20)10-2-3-11(15)8(5-10)7-17/h1-6,18H. The third kappa shape index (κ3) is 3.64. The van der Waals surface area contributed by atoms with E-state index >= 15 is 0 Å². The van der Waals surface area contributed by atoms with Gasteiger partial charge in [-0.05, 0) is 59.0 Å². The Morgan fingerprint density at radius 1 is 1.24 bits per heavy atom. The van der Waals surface area contributed by atoms with Crippen LogP contribution in [0, 0.1) is 20.7 Å². The summed E-state index contributed by atoms with van der Waals surface area (Å²) in [7, 11) is -3.91. The Labute approximate surface area is 139 Å². The number of nitrogens with one attached hydrogen (secondary N) is 1. The molecule has 8 heteroatoms. The highest BCUT2D eigenvalue weighted by Crippen LogP contribution is 2.25. The number of hydrogen-bond acceptors (Lipinski definition) is 3. The molecule has 2 rings (SSSR count). The zero-order chi connectivity index (χ0) is 15.6. The first kappa shape index (κ1) is 16.0. The SMILES string of the molecule is N#Cc1cc(S(=O)(=O)Nc2ccc(Cl)cc2I)ccc1F. The first-order chi connectivity index (χ1) is 9.83. The monoisotopic (exact) mass is 436 g/mol. The van der Waals surface area contributed by atoms with E-state index < -0.39 is 15.8 Å². The molecule has 0 atom stereocenters. The van der Waals surface area contributed by atoms with Crippen LogP contribution in [0.5, 0.6) is 0 Å². The van der Waals surface area contributed by atoms with Crippen molar-refractivity contribution < 1.29 is 12.8 Å². The first-order valence-corrected chi connectivity index (χ1v) is 8.45. The topological polar surface area (TPSA) is 70.0 Å². The van der Waals surface area contributed by atoms with Gasteiger partial charge < -0.3 is 0 Å². The predicted octanol–water partition coefficient (Wildman–Crippen LogP) is 3.76. The van der Waals surface area contributed by atoms with Gasteiger partial charge in [0.05, 0.1) is 16.1 Å². The van der Waals surface area contributed by atoms with Crippen LogP contribution in [0.2, 0.25) is 5.02 Å². The lowest BCUT2D eigenvalue weighted by Crippen LogP contribution is -2.14. The lowest BCUT2D eigenvalue weighted by molar-refractivity contribution is 0.599.